The van der Waals surface area contributed by atoms with E-state index in [1.165, 1.54) is 29.2 Å². The van der Waals surface area contributed by atoms with Gasteiger partial charge in [-0.2, -0.15) is 0 Å². The summed E-state index contributed by atoms with van der Waals surface area (Å²) in [6, 6.07) is 9.21. The minimum atomic E-state index is -1.18. The molecule has 4 heterocycles. The summed E-state index contributed by atoms with van der Waals surface area (Å²) < 4.78 is 13.5. The Bertz CT molecular complexity index is 1180. The number of aryl methyl sites for hydroxylation is 2. The van der Waals surface area contributed by atoms with Gasteiger partial charge in [-0.1, -0.05) is 17.7 Å². The minimum Gasteiger partial charge on any atom is -0.324 e. The molecular weight excluding hydrogens is 397 g/mol. The summed E-state index contributed by atoms with van der Waals surface area (Å²) in [5, 5.41) is 3.04. The highest BCUT2D eigenvalue weighted by atomic mass is 19.1. The molecule has 0 saturated carbocycles. The molecule has 6 rings (SSSR count). The van der Waals surface area contributed by atoms with Crippen molar-refractivity contribution in [3.8, 4) is 0 Å². The Labute approximate surface area is 179 Å². The maximum absolute atomic E-state index is 13.8. The van der Waals surface area contributed by atoms with Crippen molar-refractivity contribution in [2.45, 2.75) is 38.3 Å². The number of carbonyl (C=O) groups excluding carboxylic acids is 3. The quantitative estimate of drug-likeness (QED) is 0.722. The molecule has 3 fully saturated rings. The number of halogens is 1. The highest BCUT2D eigenvalue weighted by molar-refractivity contribution is 6.25. The topological polar surface area (TPSA) is 69.7 Å². The molecule has 2 aromatic rings. The molecule has 3 saturated heterocycles. The van der Waals surface area contributed by atoms with Crippen LogP contribution in [0.5, 0.6) is 0 Å². The molecule has 0 aliphatic carbocycles. The zero-order valence-electron chi connectivity index (χ0n) is 17.3. The van der Waals surface area contributed by atoms with Crippen LogP contribution in [0.2, 0.25) is 0 Å². The van der Waals surface area contributed by atoms with Gasteiger partial charge < -0.3 is 5.32 Å². The van der Waals surface area contributed by atoms with Crippen molar-refractivity contribution in [1.82, 2.24) is 4.90 Å². The van der Waals surface area contributed by atoms with Crippen molar-refractivity contribution in [3.63, 3.8) is 0 Å². The van der Waals surface area contributed by atoms with Gasteiger partial charge in [-0.15, -0.1) is 0 Å². The van der Waals surface area contributed by atoms with Gasteiger partial charge in [0.25, 0.3) is 0 Å². The van der Waals surface area contributed by atoms with Crippen LogP contribution in [0.25, 0.3) is 0 Å². The van der Waals surface area contributed by atoms with E-state index in [1.807, 2.05) is 26.0 Å². The molecule has 0 bridgehead atoms. The molecule has 31 heavy (non-hydrogen) atoms. The monoisotopic (exact) mass is 419 g/mol. The number of benzene rings is 2. The molecule has 158 valence electrons. The molecule has 2 aromatic carbocycles. The maximum Gasteiger partial charge on any atom is 0.250 e. The smallest absolute Gasteiger partial charge is 0.250 e. The third kappa shape index (κ3) is 2.12. The van der Waals surface area contributed by atoms with Crippen molar-refractivity contribution in [3.05, 3.63) is 58.9 Å². The molecule has 1 spiro atoms. The number of amides is 3. The second kappa shape index (κ2) is 6.01. The lowest BCUT2D eigenvalue weighted by molar-refractivity contribution is -0.135. The molecule has 6 nitrogen and oxygen atoms in total. The van der Waals surface area contributed by atoms with Gasteiger partial charge in [-0.3, -0.25) is 19.3 Å². The Morgan fingerprint density at radius 2 is 1.81 bits per heavy atom. The van der Waals surface area contributed by atoms with Gasteiger partial charge in [0, 0.05) is 17.3 Å². The van der Waals surface area contributed by atoms with E-state index >= 15 is 0 Å². The van der Waals surface area contributed by atoms with Gasteiger partial charge in [0.2, 0.25) is 17.7 Å². The van der Waals surface area contributed by atoms with Crippen LogP contribution in [0.15, 0.2) is 36.4 Å². The number of anilines is 2. The first-order valence-electron chi connectivity index (χ1n) is 10.7. The zero-order chi connectivity index (χ0) is 21.7. The Morgan fingerprint density at radius 3 is 2.55 bits per heavy atom. The summed E-state index contributed by atoms with van der Waals surface area (Å²) in [7, 11) is 0. The number of rotatable bonds is 1. The molecule has 4 aliphatic heterocycles. The lowest BCUT2D eigenvalue weighted by Crippen LogP contribution is -2.54. The standard InChI is InChI=1S/C24H22FN3O3/c1-12-10-13(2)20-16(11-12)24(23(31)26-20)19-18(17-4-3-9-27(17)24)21(29)28(22(19)30)15-7-5-14(25)6-8-15/h5-8,10-11,17-19H,3-4,9H2,1-2H3,(H,26,31)/t17-,18+,19-,24+/m0/s1. The van der Waals surface area contributed by atoms with Crippen LogP contribution >= 0.6 is 0 Å². The first-order chi connectivity index (χ1) is 14.9. The van der Waals surface area contributed by atoms with E-state index in [2.05, 4.69) is 10.2 Å². The second-order valence-corrected chi connectivity index (χ2v) is 9.12. The SMILES string of the molecule is Cc1cc(C)c2c(c1)[C@]1(C(=O)N2)[C@@H]2C(=O)N(c3ccc(F)cc3)C(=O)[C@@H]2[C@@H]2CCCN21. The van der Waals surface area contributed by atoms with E-state index in [0.29, 0.717) is 12.2 Å². The molecule has 0 aromatic heterocycles. The summed E-state index contributed by atoms with van der Waals surface area (Å²) in [6.07, 6.45) is 1.65. The highest BCUT2D eigenvalue weighted by Gasteiger charge is 2.74. The predicted octanol–water partition coefficient (Wildman–Crippen LogP) is 2.87. The number of hydrogen-bond acceptors (Lipinski definition) is 4. The Hall–Kier alpha value is -3.06. The molecule has 0 radical (unpaired) electrons. The van der Waals surface area contributed by atoms with Gasteiger partial charge in [-0.05, 0) is 63.1 Å². The van der Waals surface area contributed by atoms with Gasteiger partial charge in [0.15, 0.2) is 0 Å². The highest BCUT2D eigenvalue weighted by Crippen LogP contribution is 2.61. The third-order valence-electron chi connectivity index (χ3n) is 7.53. The van der Waals surface area contributed by atoms with E-state index in [-0.39, 0.29) is 23.8 Å². The van der Waals surface area contributed by atoms with Crippen LogP contribution in [0.3, 0.4) is 0 Å². The molecule has 7 heteroatoms. The fraction of sp³-hybridized carbons (Fsp3) is 0.375. The van der Waals surface area contributed by atoms with Crippen LogP contribution in [0, 0.1) is 31.5 Å². The predicted molar refractivity (Wildman–Crippen MR) is 112 cm³/mol. The van der Waals surface area contributed by atoms with E-state index < -0.39 is 23.2 Å². The lowest BCUT2D eigenvalue weighted by atomic mass is 9.75. The van der Waals surface area contributed by atoms with Crippen LogP contribution in [0.1, 0.15) is 29.5 Å². The van der Waals surface area contributed by atoms with Crippen LogP contribution < -0.4 is 10.2 Å². The van der Waals surface area contributed by atoms with Crippen molar-refractivity contribution in [2.75, 3.05) is 16.8 Å². The minimum absolute atomic E-state index is 0.163. The van der Waals surface area contributed by atoms with Crippen molar-refractivity contribution >= 4 is 29.1 Å². The number of hydrogen-bond donors (Lipinski definition) is 1. The normalized spacial score (nSPS) is 31.4. The number of fused-ring (bicyclic) bond motifs is 7. The fourth-order valence-corrected chi connectivity index (χ4v) is 6.50. The van der Waals surface area contributed by atoms with Gasteiger partial charge in [-0.25, -0.2) is 9.29 Å². The largest absolute Gasteiger partial charge is 0.324 e. The second-order valence-electron chi connectivity index (χ2n) is 9.12. The van der Waals surface area contributed by atoms with Gasteiger partial charge in [0.1, 0.15) is 11.4 Å². The van der Waals surface area contributed by atoms with Crippen molar-refractivity contribution in [1.29, 1.82) is 0 Å². The average molecular weight is 419 g/mol. The first kappa shape index (κ1) is 18.7. The lowest BCUT2D eigenvalue weighted by Gasteiger charge is -2.36. The fourth-order valence-electron chi connectivity index (χ4n) is 6.50. The Kier molecular flexibility index (Phi) is 3.62. The molecule has 4 aliphatic rings. The van der Waals surface area contributed by atoms with Crippen molar-refractivity contribution < 1.29 is 18.8 Å². The maximum atomic E-state index is 13.8. The molecule has 0 unspecified atom stereocenters. The average Bonchev–Trinajstić information content (AvgIpc) is 3.42. The number of imide groups is 1. The summed E-state index contributed by atoms with van der Waals surface area (Å²) >= 11 is 0. The molecule has 4 atom stereocenters. The number of nitrogens with zero attached hydrogens (tertiary/aromatic N) is 2. The molecule has 3 amide bonds. The zero-order valence-corrected chi connectivity index (χ0v) is 17.3. The van der Waals surface area contributed by atoms with Crippen LogP contribution in [0.4, 0.5) is 15.8 Å². The van der Waals surface area contributed by atoms with Crippen molar-refractivity contribution in [2.24, 2.45) is 11.8 Å². The number of carbonyl (C=O) groups is 3. The first-order valence-corrected chi connectivity index (χ1v) is 10.7. The van der Waals surface area contributed by atoms with Gasteiger partial charge >= 0.3 is 0 Å². The van der Waals surface area contributed by atoms with Crippen LogP contribution in [-0.4, -0.2) is 35.2 Å². The number of nitrogens with one attached hydrogen (secondary N) is 1. The van der Waals surface area contributed by atoms with Gasteiger partial charge in [0.05, 0.1) is 17.5 Å². The third-order valence-corrected chi connectivity index (χ3v) is 7.53. The Morgan fingerprint density at radius 1 is 1.06 bits per heavy atom. The van der Waals surface area contributed by atoms with E-state index in [9.17, 15) is 18.8 Å². The summed E-state index contributed by atoms with van der Waals surface area (Å²) in [5.41, 5.74) is 2.69. The Balaban J connectivity index is 1.57. The van der Waals surface area contributed by atoms with E-state index in [1.54, 1.807) is 0 Å². The van der Waals surface area contributed by atoms with E-state index in [4.69, 9.17) is 0 Å². The van der Waals surface area contributed by atoms with Crippen LogP contribution in [-0.2, 0) is 19.9 Å². The van der Waals surface area contributed by atoms with E-state index in [0.717, 1.165) is 35.2 Å². The summed E-state index contributed by atoms with van der Waals surface area (Å²) in [6.45, 7) is 4.60. The summed E-state index contributed by atoms with van der Waals surface area (Å²) in [4.78, 5) is 44.3. The molecular formula is C24H22FN3O3. The molecule has 1 N–H and O–H groups in total. The summed E-state index contributed by atoms with van der Waals surface area (Å²) in [5.74, 6) is -2.70.